The molecule has 2 rings (SSSR count). The van der Waals surface area contributed by atoms with Crippen molar-refractivity contribution in [3.05, 3.63) is 39.9 Å². The highest BCUT2D eigenvalue weighted by Crippen LogP contribution is 2.21. The molecule has 0 radical (unpaired) electrons. The number of aliphatic hydroxyl groups is 1. The number of hydrogen-bond donors (Lipinski definition) is 1. The van der Waals surface area contributed by atoms with Crippen molar-refractivity contribution in [2.24, 2.45) is 0 Å². The minimum Gasteiger partial charge on any atom is -0.394 e. The standard InChI is InChI=1S/C14H15Cl2NO3/c15-11-2-3-13(16)10(7-11)1-4-14(19)17-5-6-20-12(8-17)9-18/h1-4,7,12,18H,5-6,8-9H2/b4-1+. The number of morpholine rings is 1. The molecule has 0 aromatic heterocycles. The van der Waals surface area contributed by atoms with Crippen molar-refractivity contribution in [2.75, 3.05) is 26.3 Å². The maximum atomic E-state index is 12.1. The van der Waals surface area contributed by atoms with Gasteiger partial charge in [0.15, 0.2) is 0 Å². The number of rotatable bonds is 3. The van der Waals surface area contributed by atoms with Crippen LogP contribution in [0.5, 0.6) is 0 Å². The van der Waals surface area contributed by atoms with Gasteiger partial charge in [-0.15, -0.1) is 0 Å². The van der Waals surface area contributed by atoms with Crippen LogP contribution in [0, 0.1) is 0 Å². The van der Waals surface area contributed by atoms with E-state index in [-0.39, 0.29) is 18.6 Å². The second kappa shape index (κ2) is 7.09. The molecule has 1 heterocycles. The molecule has 4 nitrogen and oxygen atoms in total. The van der Waals surface area contributed by atoms with Crippen molar-refractivity contribution in [1.29, 1.82) is 0 Å². The molecule has 0 saturated carbocycles. The van der Waals surface area contributed by atoms with Gasteiger partial charge < -0.3 is 14.7 Å². The van der Waals surface area contributed by atoms with Crippen LogP contribution in [-0.2, 0) is 9.53 Å². The van der Waals surface area contributed by atoms with Gasteiger partial charge in [0.25, 0.3) is 0 Å². The van der Waals surface area contributed by atoms with Gasteiger partial charge in [-0.1, -0.05) is 23.2 Å². The van der Waals surface area contributed by atoms with Crippen molar-refractivity contribution < 1.29 is 14.6 Å². The third kappa shape index (κ3) is 3.96. The van der Waals surface area contributed by atoms with Crippen LogP contribution in [0.1, 0.15) is 5.56 Å². The number of halogens is 2. The molecular formula is C14H15Cl2NO3. The Morgan fingerprint density at radius 3 is 3.05 bits per heavy atom. The SMILES string of the molecule is O=C(/C=C/c1cc(Cl)ccc1Cl)N1CCOC(CO)C1. The fourth-order valence-corrected chi connectivity index (χ4v) is 2.30. The van der Waals surface area contributed by atoms with Gasteiger partial charge in [0.2, 0.25) is 5.91 Å². The van der Waals surface area contributed by atoms with Crippen LogP contribution in [-0.4, -0.2) is 48.3 Å². The van der Waals surface area contributed by atoms with Gasteiger partial charge in [-0.2, -0.15) is 0 Å². The molecule has 1 aromatic carbocycles. The fraction of sp³-hybridized carbons (Fsp3) is 0.357. The first-order valence-electron chi connectivity index (χ1n) is 6.24. The first-order chi connectivity index (χ1) is 9.60. The minimum atomic E-state index is -0.309. The van der Waals surface area contributed by atoms with Crippen LogP contribution >= 0.6 is 23.2 Å². The minimum absolute atomic E-state index is 0.0897. The highest BCUT2D eigenvalue weighted by atomic mass is 35.5. The second-order valence-corrected chi connectivity index (χ2v) is 5.30. The van der Waals surface area contributed by atoms with E-state index in [1.165, 1.54) is 6.08 Å². The van der Waals surface area contributed by atoms with Gasteiger partial charge in [-0.05, 0) is 29.8 Å². The molecular weight excluding hydrogens is 301 g/mol. The molecule has 1 unspecified atom stereocenters. The lowest BCUT2D eigenvalue weighted by molar-refractivity contribution is -0.134. The van der Waals surface area contributed by atoms with Crippen molar-refractivity contribution in [3.8, 4) is 0 Å². The fourth-order valence-electron chi connectivity index (χ4n) is 1.94. The van der Waals surface area contributed by atoms with Crippen LogP contribution in [0.25, 0.3) is 6.08 Å². The van der Waals surface area contributed by atoms with Crippen LogP contribution in [0.15, 0.2) is 24.3 Å². The smallest absolute Gasteiger partial charge is 0.246 e. The highest BCUT2D eigenvalue weighted by Gasteiger charge is 2.22. The molecule has 1 atom stereocenters. The summed E-state index contributed by atoms with van der Waals surface area (Å²) in [6.45, 7) is 1.25. The van der Waals surface area contributed by atoms with Gasteiger partial charge in [0.1, 0.15) is 0 Å². The predicted molar refractivity (Wildman–Crippen MR) is 78.9 cm³/mol. The van der Waals surface area contributed by atoms with E-state index in [2.05, 4.69) is 0 Å². The Balaban J connectivity index is 2.03. The highest BCUT2D eigenvalue weighted by molar-refractivity contribution is 6.34. The summed E-state index contributed by atoms with van der Waals surface area (Å²) >= 11 is 11.9. The van der Waals surface area contributed by atoms with Gasteiger partial charge in [-0.25, -0.2) is 0 Å². The van der Waals surface area contributed by atoms with E-state index < -0.39 is 0 Å². The molecule has 20 heavy (non-hydrogen) atoms. The van der Waals surface area contributed by atoms with Gasteiger partial charge in [-0.3, -0.25) is 4.79 Å². The molecule has 1 aliphatic rings. The zero-order chi connectivity index (χ0) is 14.5. The van der Waals surface area contributed by atoms with Crippen molar-refractivity contribution >= 4 is 35.2 Å². The van der Waals surface area contributed by atoms with Gasteiger partial charge in [0.05, 0.1) is 19.3 Å². The monoisotopic (exact) mass is 315 g/mol. The Bertz CT molecular complexity index is 519. The third-order valence-electron chi connectivity index (χ3n) is 3.02. The summed E-state index contributed by atoms with van der Waals surface area (Å²) in [4.78, 5) is 13.7. The van der Waals surface area contributed by atoms with E-state index in [0.29, 0.717) is 35.3 Å². The van der Waals surface area contributed by atoms with Gasteiger partial charge in [0, 0.05) is 29.2 Å². The number of amides is 1. The Morgan fingerprint density at radius 2 is 2.30 bits per heavy atom. The molecule has 0 spiro atoms. The van der Waals surface area contributed by atoms with Crippen LogP contribution in [0.3, 0.4) is 0 Å². The second-order valence-electron chi connectivity index (χ2n) is 4.46. The molecule has 1 saturated heterocycles. The number of nitrogens with zero attached hydrogens (tertiary/aromatic N) is 1. The van der Waals surface area contributed by atoms with Crippen LogP contribution in [0.4, 0.5) is 0 Å². The maximum Gasteiger partial charge on any atom is 0.246 e. The quantitative estimate of drug-likeness (QED) is 0.870. The number of ether oxygens (including phenoxy) is 1. The molecule has 1 aliphatic heterocycles. The Hall–Kier alpha value is -1.07. The van der Waals surface area contributed by atoms with Crippen LogP contribution < -0.4 is 0 Å². The van der Waals surface area contributed by atoms with Gasteiger partial charge >= 0.3 is 0 Å². The van der Waals surface area contributed by atoms with E-state index in [9.17, 15) is 4.79 Å². The van der Waals surface area contributed by atoms with E-state index in [1.807, 2.05) is 0 Å². The Kier molecular flexibility index (Phi) is 5.43. The Labute approximate surface area is 127 Å². The lowest BCUT2D eigenvalue weighted by Gasteiger charge is -2.31. The zero-order valence-corrected chi connectivity index (χ0v) is 12.3. The predicted octanol–water partition coefficient (Wildman–Crippen LogP) is 2.23. The summed E-state index contributed by atoms with van der Waals surface area (Å²) in [6.07, 6.45) is 2.79. The maximum absolute atomic E-state index is 12.1. The zero-order valence-electron chi connectivity index (χ0n) is 10.8. The lowest BCUT2D eigenvalue weighted by Crippen LogP contribution is -2.46. The van der Waals surface area contributed by atoms with Crippen molar-refractivity contribution in [1.82, 2.24) is 4.90 Å². The van der Waals surface area contributed by atoms with E-state index >= 15 is 0 Å². The van der Waals surface area contributed by atoms with Crippen LogP contribution in [0.2, 0.25) is 10.0 Å². The first kappa shape index (κ1) is 15.3. The number of aliphatic hydroxyl groups excluding tert-OH is 1. The average molecular weight is 316 g/mol. The molecule has 1 amide bonds. The number of hydrogen-bond acceptors (Lipinski definition) is 3. The third-order valence-corrected chi connectivity index (χ3v) is 3.60. The summed E-state index contributed by atoms with van der Waals surface area (Å²) in [6, 6.07) is 5.07. The normalized spacial score (nSPS) is 19.6. The molecule has 0 aliphatic carbocycles. The first-order valence-corrected chi connectivity index (χ1v) is 7.00. The molecule has 0 bridgehead atoms. The van der Waals surface area contributed by atoms with E-state index in [1.54, 1.807) is 29.2 Å². The molecule has 6 heteroatoms. The van der Waals surface area contributed by atoms with E-state index in [4.69, 9.17) is 33.0 Å². The molecule has 1 N–H and O–H groups in total. The average Bonchev–Trinajstić information content (AvgIpc) is 2.48. The summed E-state index contributed by atoms with van der Waals surface area (Å²) in [7, 11) is 0. The summed E-state index contributed by atoms with van der Waals surface area (Å²) < 4.78 is 5.30. The number of benzene rings is 1. The number of carbonyl (C=O) groups is 1. The van der Waals surface area contributed by atoms with Crippen molar-refractivity contribution in [3.63, 3.8) is 0 Å². The molecule has 108 valence electrons. The number of carbonyl (C=O) groups excluding carboxylic acids is 1. The lowest BCUT2D eigenvalue weighted by atomic mass is 10.2. The van der Waals surface area contributed by atoms with Crippen molar-refractivity contribution in [2.45, 2.75) is 6.10 Å². The summed E-state index contributed by atoms with van der Waals surface area (Å²) in [5, 5.41) is 10.2. The largest absolute Gasteiger partial charge is 0.394 e. The van der Waals surface area contributed by atoms with E-state index in [0.717, 1.165) is 0 Å². The topological polar surface area (TPSA) is 49.8 Å². The summed E-state index contributed by atoms with van der Waals surface area (Å²) in [5.74, 6) is -0.136. The summed E-state index contributed by atoms with van der Waals surface area (Å²) in [5.41, 5.74) is 0.694. The Morgan fingerprint density at radius 1 is 1.50 bits per heavy atom. The molecule has 1 aromatic rings. The molecule has 1 fully saturated rings.